The van der Waals surface area contributed by atoms with Gasteiger partial charge in [-0.1, -0.05) is 24.6 Å². The van der Waals surface area contributed by atoms with Gasteiger partial charge in [-0.3, -0.25) is 4.79 Å². The number of hydrogen-bond acceptors (Lipinski definition) is 3. The summed E-state index contributed by atoms with van der Waals surface area (Å²) < 4.78 is 0. The van der Waals surface area contributed by atoms with E-state index in [2.05, 4.69) is 29.6 Å². The molecule has 1 aliphatic carbocycles. The van der Waals surface area contributed by atoms with Crippen LogP contribution in [0.4, 0.5) is 0 Å². The highest BCUT2D eigenvalue weighted by Gasteiger charge is 2.28. The molecule has 3 N–H and O–H groups in total. The quantitative estimate of drug-likeness (QED) is 0.900. The molecule has 0 aromatic heterocycles. The van der Waals surface area contributed by atoms with E-state index < -0.39 is 0 Å². The predicted octanol–water partition coefficient (Wildman–Crippen LogP) is 2.86. The van der Waals surface area contributed by atoms with Gasteiger partial charge in [0, 0.05) is 23.1 Å². The molecule has 0 radical (unpaired) electrons. The average molecular weight is 290 g/mol. The molecule has 4 heteroatoms. The Morgan fingerprint density at radius 1 is 1.30 bits per heavy atom. The molecule has 1 fully saturated rings. The minimum atomic E-state index is 0.166. The van der Waals surface area contributed by atoms with Gasteiger partial charge in [-0.25, -0.2) is 0 Å². The van der Waals surface area contributed by atoms with Crippen LogP contribution in [0, 0.1) is 5.92 Å². The van der Waals surface area contributed by atoms with Crippen LogP contribution < -0.4 is 11.1 Å². The minimum absolute atomic E-state index is 0.166. The molecule has 3 nitrogen and oxygen atoms in total. The smallest absolute Gasteiger partial charge is 0.220 e. The van der Waals surface area contributed by atoms with E-state index >= 15 is 0 Å². The first-order chi connectivity index (χ1) is 9.74. The van der Waals surface area contributed by atoms with Crippen LogP contribution in [0.5, 0.6) is 0 Å². The maximum Gasteiger partial charge on any atom is 0.220 e. The molecule has 1 aromatic rings. The first-order valence-electron chi connectivity index (χ1n) is 7.50. The fraction of sp³-hybridized carbons (Fsp3) is 0.562. The van der Waals surface area contributed by atoms with Crippen molar-refractivity contribution in [2.45, 2.75) is 49.1 Å². The zero-order chi connectivity index (χ0) is 13.9. The van der Waals surface area contributed by atoms with Gasteiger partial charge in [-0.2, -0.15) is 0 Å². The summed E-state index contributed by atoms with van der Waals surface area (Å²) in [5.74, 6) is 1.62. The van der Waals surface area contributed by atoms with Gasteiger partial charge in [0.1, 0.15) is 0 Å². The second kappa shape index (κ2) is 6.19. The van der Waals surface area contributed by atoms with E-state index in [0.29, 0.717) is 12.3 Å². The monoisotopic (exact) mass is 290 g/mol. The third-order valence-corrected chi connectivity index (χ3v) is 5.58. The fourth-order valence-corrected chi connectivity index (χ4v) is 4.43. The van der Waals surface area contributed by atoms with Crippen LogP contribution in [0.25, 0.3) is 0 Å². The Kier molecular flexibility index (Phi) is 4.32. The molecule has 3 atom stereocenters. The van der Waals surface area contributed by atoms with Crippen molar-refractivity contribution >= 4 is 17.7 Å². The summed E-state index contributed by atoms with van der Waals surface area (Å²) in [4.78, 5) is 13.6. The summed E-state index contributed by atoms with van der Waals surface area (Å²) in [6.07, 6.45) is 4.95. The lowest BCUT2D eigenvalue weighted by atomic mass is 9.98. The van der Waals surface area contributed by atoms with E-state index in [-0.39, 0.29) is 18.0 Å². The van der Waals surface area contributed by atoms with Crippen molar-refractivity contribution < 1.29 is 4.79 Å². The van der Waals surface area contributed by atoms with Crippen molar-refractivity contribution in [3.8, 4) is 0 Å². The lowest BCUT2D eigenvalue weighted by molar-refractivity contribution is -0.122. The molecule has 1 unspecified atom stereocenters. The number of nitrogens with one attached hydrogen (secondary N) is 1. The summed E-state index contributed by atoms with van der Waals surface area (Å²) in [6, 6.07) is 8.79. The van der Waals surface area contributed by atoms with E-state index in [4.69, 9.17) is 5.73 Å². The highest BCUT2D eigenvalue weighted by atomic mass is 32.2. The molecule has 3 rings (SSSR count). The summed E-state index contributed by atoms with van der Waals surface area (Å²) in [5, 5.41) is 3.21. The Labute approximate surface area is 124 Å². The first kappa shape index (κ1) is 14.0. The van der Waals surface area contributed by atoms with Gasteiger partial charge in [-0.15, -0.1) is 11.8 Å². The molecule has 108 valence electrons. The van der Waals surface area contributed by atoms with Crippen LogP contribution >= 0.6 is 11.8 Å². The highest BCUT2D eigenvalue weighted by Crippen LogP contribution is 2.36. The van der Waals surface area contributed by atoms with Crippen LogP contribution in [0.3, 0.4) is 0 Å². The number of nitrogens with two attached hydrogens (primary N) is 1. The van der Waals surface area contributed by atoms with E-state index in [0.717, 1.165) is 25.0 Å². The zero-order valence-electron chi connectivity index (χ0n) is 11.7. The molecule has 20 heavy (non-hydrogen) atoms. The van der Waals surface area contributed by atoms with Gasteiger partial charge in [0.25, 0.3) is 0 Å². The molecule has 2 aliphatic rings. The Morgan fingerprint density at radius 2 is 2.15 bits per heavy atom. The second-order valence-corrected chi connectivity index (χ2v) is 6.99. The number of benzene rings is 1. The van der Waals surface area contributed by atoms with Gasteiger partial charge < -0.3 is 11.1 Å². The standard InChI is InChI=1S/C16H22N2OS/c17-13-6-3-4-11(13)10-16(19)18-14-8-9-20-15-7-2-1-5-12(14)15/h1-2,5,7,11,13-14H,3-4,6,8-10,17H2,(H,18,19)/t11-,13+,14?/m0/s1. The number of carbonyl (C=O) groups excluding carboxylic acids is 1. The third-order valence-electron chi connectivity index (χ3n) is 4.46. The lowest BCUT2D eigenvalue weighted by Crippen LogP contribution is -2.34. The summed E-state index contributed by atoms with van der Waals surface area (Å²) in [5.41, 5.74) is 7.32. The highest BCUT2D eigenvalue weighted by molar-refractivity contribution is 7.99. The molecule has 1 amide bonds. The fourth-order valence-electron chi connectivity index (χ4n) is 3.30. The minimum Gasteiger partial charge on any atom is -0.349 e. The summed E-state index contributed by atoms with van der Waals surface area (Å²) in [7, 11) is 0. The topological polar surface area (TPSA) is 55.1 Å². The molecule has 1 saturated carbocycles. The predicted molar refractivity (Wildman–Crippen MR) is 82.6 cm³/mol. The Morgan fingerprint density at radius 3 is 2.95 bits per heavy atom. The van der Waals surface area contributed by atoms with Crippen LogP contribution in [0.1, 0.15) is 43.7 Å². The largest absolute Gasteiger partial charge is 0.349 e. The Bertz CT molecular complexity index is 491. The normalized spacial score (nSPS) is 28.9. The van der Waals surface area contributed by atoms with Gasteiger partial charge >= 0.3 is 0 Å². The molecule has 0 bridgehead atoms. The van der Waals surface area contributed by atoms with Crippen molar-refractivity contribution in [2.75, 3.05) is 5.75 Å². The van der Waals surface area contributed by atoms with E-state index in [9.17, 15) is 4.79 Å². The number of rotatable bonds is 3. The Balaban J connectivity index is 1.62. The third kappa shape index (κ3) is 3.01. The van der Waals surface area contributed by atoms with Crippen molar-refractivity contribution in [1.82, 2.24) is 5.32 Å². The maximum atomic E-state index is 12.2. The molecule has 1 heterocycles. The van der Waals surface area contributed by atoms with Gasteiger partial charge in [0.15, 0.2) is 0 Å². The molecule has 0 spiro atoms. The van der Waals surface area contributed by atoms with Crippen molar-refractivity contribution in [2.24, 2.45) is 11.7 Å². The Hall–Kier alpha value is -1.00. The number of amides is 1. The number of hydrogen-bond donors (Lipinski definition) is 2. The molecule has 1 aromatic carbocycles. The van der Waals surface area contributed by atoms with Gasteiger partial charge in [0.05, 0.1) is 6.04 Å². The van der Waals surface area contributed by atoms with Gasteiger partial charge in [0.2, 0.25) is 5.91 Å². The maximum absolute atomic E-state index is 12.2. The summed E-state index contributed by atoms with van der Waals surface area (Å²) in [6.45, 7) is 0. The van der Waals surface area contributed by atoms with Crippen molar-refractivity contribution in [3.05, 3.63) is 29.8 Å². The zero-order valence-corrected chi connectivity index (χ0v) is 12.5. The molecule has 0 saturated heterocycles. The van der Waals surface area contributed by atoms with E-state index in [1.165, 1.54) is 16.9 Å². The number of fused-ring (bicyclic) bond motifs is 1. The first-order valence-corrected chi connectivity index (χ1v) is 8.49. The summed E-state index contributed by atoms with van der Waals surface area (Å²) >= 11 is 1.88. The average Bonchev–Trinajstić information content (AvgIpc) is 2.85. The van der Waals surface area contributed by atoms with E-state index in [1.807, 2.05) is 11.8 Å². The SMILES string of the molecule is N[C@@H]1CCC[C@H]1CC(=O)NC1CCSc2ccccc21. The van der Waals surface area contributed by atoms with Crippen molar-refractivity contribution in [1.29, 1.82) is 0 Å². The number of carbonyl (C=O) groups is 1. The van der Waals surface area contributed by atoms with Crippen LogP contribution in [0.15, 0.2) is 29.2 Å². The van der Waals surface area contributed by atoms with Crippen LogP contribution in [-0.4, -0.2) is 17.7 Å². The number of thioether (sulfide) groups is 1. The van der Waals surface area contributed by atoms with E-state index in [1.54, 1.807) is 0 Å². The second-order valence-electron chi connectivity index (χ2n) is 5.85. The van der Waals surface area contributed by atoms with Crippen molar-refractivity contribution in [3.63, 3.8) is 0 Å². The molecule has 1 aliphatic heterocycles. The van der Waals surface area contributed by atoms with Crippen LogP contribution in [-0.2, 0) is 4.79 Å². The lowest BCUT2D eigenvalue weighted by Gasteiger charge is -2.26. The molecular formula is C16H22N2OS. The van der Waals surface area contributed by atoms with Crippen LogP contribution in [0.2, 0.25) is 0 Å². The van der Waals surface area contributed by atoms with Gasteiger partial charge in [-0.05, 0) is 36.8 Å². The molecular weight excluding hydrogens is 268 g/mol.